The Balaban J connectivity index is 1.47. The molecule has 0 saturated carbocycles. The van der Waals surface area contributed by atoms with Crippen LogP contribution in [0.25, 0.3) is 5.69 Å². The highest BCUT2D eigenvalue weighted by Gasteiger charge is 2.08. The van der Waals surface area contributed by atoms with E-state index in [1.165, 1.54) is 6.26 Å². The van der Waals surface area contributed by atoms with E-state index in [1.54, 1.807) is 46.5 Å². The summed E-state index contributed by atoms with van der Waals surface area (Å²) in [5.74, 6) is -0.0951. The molecule has 3 aromatic rings. The van der Waals surface area contributed by atoms with E-state index in [0.717, 1.165) is 11.3 Å². The number of aromatic nitrogens is 3. The Morgan fingerprint density at radius 2 is 2.00 bits per heavy atom. The number of rotatable bonds is 7. The highest BCUT2D eigenvalue weighted by atomic mass is 32.2. The zero-order chi connectivity index (χ0) is 18.6. The van der Waals surface area contributed by atoms with Crippen LogP contribution in [-0.2, 0) is 27.6 Å². The molecule has 0 spiro atoms. The molecule has 0 bridgehead atoms. The third kappa shape index (κ3) is 4.77. The molecule has 9 heteroatoms. The zero-order valence-electron chi connectivity index (χ0n) is 14.1. The van der Waals surface area contributed by atoms with Crippen molar-refractivity contribution in [2.75, 3.05) is 6.26 Å². The monoisotopic (exact) mass is 390 g/mol. The quantitative estimate of drug-likeness (QED) is 0.666. The Morgan fingerprint density at radius 3 is 2.65 bits per heavy atom. The second-order valence-corrected chi connectivity index (χ2v) is 8.62. The van der Waals surface area contributed by atoms with Gasteiger partial charge < -0.3 is 5.32 Å². The van der Waals surface area contributed by atoms with Crippen LogP contribution in [-0.4, -0.2) is 35.6 Å². The summed E-state index contributed by atoms with van der Waals surface area (Å²) in [7, 11) is -3.20. The number of hydrogen-bond donors (Lipinski definition) is 1. The second-order valence-electron chi connectivity index (χ2n) is 5.83. The zero-order valence-corrected chi connectivity index (χ0v) is 15.8. The number of thiophene rings is 1. The number of carbonyl (C=O) groups excluding carboxylic acids is 1. The minimum atomic E-state index is -3.20. The summed E-state index contributed by atoms with van der Waals surface area (Å²) < 4.78 is 24.5. The maximum atomic E-state index is 12.0. The van der Waals surface area contributed by atoms with Crippen LogP contribution in [0.2, 0.25) is 0 Å². The Kier molecular flexibility index (Phi) is 5.48. The number of sulfone groups is 1. The van der Waals surface area contributed by atoms with E-state index < -0.39 is 9.84 Å². The fraction of sp³-hybridized carbons (Fsp3) is 0.235. The average molecular weight is 390 g/mol. The molecule has 1 amide bonds. The van der Waals surface area contributed by atoms with Crippen molar-refractivity contribution >= 4 is 27.1 Å². The minimum absolute atomic E-state index is 0.0951. The number of nitrogens with one attached hydrogen (secondary N) is 1. The fourth-order valence-corrected chi connectivity index (χ4v) is 3.58. The van der Waals surface area contributed by atoms with Crippen molar-refractivity contribution in [3.8, 4) is 5.69 Å². The Hall–Kier alpha value is -2.52. The number of benzene rings is 1. The first-order valence-electron chi connectivity index (χ1n) is 7.91. The van der Waals surface area contributed by atoms with Gasteiger partial charge in [-0.3, -0.25) is 4.79 Å². The SMILES string of the molecule is CS(=O)(=O)c1ccc(CCC(=O)NCc2cn(-c3ccsc3)nn2)cc1. The van der Waals surface area contributed by atoms with E-state index in [4.69, 9.17) is 0 Å². The van der Waals surface area contributed by atoms with Crippen LogP contribution in [0.4, 0.5) is 0 Å². The van der Waals surface area contributed by atoms with Crippen molar-refractivity contribution in [3.63, 3.8) is 0 Å². The minimum Gasteiger partial charge on any atom is -0.350 e. The molecule has 0 aliphatic heterocycles. The van der Waals surface area contributed by atoms with Gasteiger partial charge in [-0.25, -0.2) is 13.1 Å². The summed E-state index contributed by atoms with van der Waals surface area (Å²) in [5.41, 5.74) is 2.54. The predicted molar refractivity (Wildman–Crippen MR) is 99.0 cm³/mol. The fourth-order valence-electron chi connectivity index (χ4n) is 2.33. The van der Waals surface area contributed by atoms with E-state index in [-0.39, 0.29) is 10.8 Å². The molecule has 0 atom stereocenters. The molecule has 0 unspecified atom stereocenters. The summed E-state index contributed by atoms with van der Waals surface area (Å²) in [6, 6.07) is 8.53. The van der Waals surface area contributed by atoms with Crippen molar-refractivity contribution in [1.29, 1.82) is 0 Å². The molecule has 7 nitrogen and oxygen atoms in total. The van der Waals surface area contributed by atoms with Crippen LogP contribution in [0.15, 0.2) is 52.2 Å². The van der Waals surface area contributed by atoms with Crippen molar-refractivity contribution in [2.24, 2.45) is 0 Å². The topological polar surface area (TPSA) is 94.0 Å². The summed E-state index contributed by atoms with van der Waals surface area (Å²) in [6.45, 7) is 0.315. The van der Waals surface area contributed by atoms with Crippen LogP contribution in [0.5, 0.6) is 0 Å². The molecule has 0 aliphatic carbocycles. The summed E-state index contributed by atoms with van der Waals surface area (Å²) in [4.78, 5) is 12.3. The van der Waals surface area contributed by atoms with Gasteiger partial charge in [-0.1, -0.05) is 17.3 Å². The largest absolute Gasteiger partial charge is 0.350 e. The van der Waals surface area contributed by atoms with E-state index in [0.29, 0.717) is 25.1 Å². The predicted octanol–water partition coefficient (Wildman–Crippen LogP) is 1.98. The van der Waals surface area contributed by atoms with E-state index in [2.05, 4.69) is 15.6 Å². The number of hydrogen-bond acceptors (Lipinski definition) is 6. The Bertz CT molecular complexity index is 977. The number of amides is 1. The molecule has 0 aliphatic rings. The van der Waals surface area contributed by atoms with Gasteiger partial charge >= 0.3 is 0 Å². The van der Waals surface area contributed by atoms with Crippen LogP contribution < -0.4 is 5.32 Å². The smallest absolute Gasteiger partial charge is 0.220 e. The molecule has 0 saturated heterocycles. The number of nitrogens with zero attached hydrogens (tertiary/aromatic N) is 3. The first kappa shape index (κ1) is 18.3. The maximum absolute atomic E-state index is 12.0. The molecule has 3 rings (SSSR count). The van der Waals surface area contributed by atoms with Gasteiger partial charge in [0.05, 0.1) is 23.3 Å². The lowest BCUT2D eigenvalue weighted by molar-refractivity contribution is -0.121. The summed E-state index contributed by atoms with van der Waals surface area (Å²) in [6.07, 6.45) is 3.81. The highest BCUT2D eigenvalue weighted by molar-refractivity contribution is 7.90. The molecule has 136 valence electrons. The maximum Gasteiger partial charge on any atom is 0.220 e. The van der Waals surface area contributed by atoms with Crippen molar-refractivity contribution in [3.05, 3.63) is 58.5 Å². The Morgan fingerprint density at radius 1 is 1.23 bits per heavy atom. The molecule has 2 heterocycles. The third-order valence-electron chi connectivity index (χ3n) is 3.77. The molecule has 0 fully saturated rings. The lowest BCUT2D eigenvalue weighted by Crippen LogP contribution is -2.23. The normalized spacial score (nSPS) is 11.4. The summed E-state index contributed by atoms with van der Waals surface area (Å²) >= 11 is 1.58. The van der Waals surface area contributed by atoms with E-state index >= 15 is 0 Å². The van der Waals surface area contributed by atoms with Crippen LogP contribution in [0.3, 0.4) is 0 Å². The van der Waals surface area contributed by atoms with Gasteiger partial charge in [0, 0.05) is 18.1 Å². The Labute approximate surface area is 155 Å². The van der Waals surface area contributed by atoms with Gasteiger partial charge in [0.25, 0.3) is 0 Å². The second kappa shape index (κ2) is 7.79. The summed E-state index contributed by atoms with van der Waals surface area (Å²) in [5, 5.41) is 14.8. The van der Waals surface area contributed by atoms with Gasteiger partial charge in [0.2, 0.25) is 5.91 Å². The van der Waals surface area contributed by atoms with Crippen molar-refractivity contribution in [1.82, 2.24) is 20.3 Å². The average Bonchev–Trinajstić information content (AvgIpc) is 3.29. The number of aryl methyl sites for hydroxylation is 1. The van der Waals surface area contributed by atoms with Crippen molar-refractivity contribution < 1.29 is 13.2 Å². The molecular weight excluding hydrogens is 372 g/mol. The van der Waals surface area contributed by atoms with Gasteiger partial charge in [0.1, 0.15) is 5.69 Å². The molecule has 26 heavy (non-hydrogen) atoms. The van der Waals surface area contributed by atoms with Crippen LogP contribution in [0, 0.1) is 0 Å². The lowest BCUT2D eigenvalue weighted by atomic mass is 10.1. The van der Waals surface area contributed by atoms with Gasteiger partial charge in [-0.05, 0) is 35.6 Å². The molecule has 2 aromatic heterocycles. The van der Waals surface area contributed by atoms with Gasteiger partial charge in [0.15, 0.2) is 9.84 Å². The first-order chi connectivity index (χ1) is 12.4. The van der Waals surface area contributed by atoms with Crippen LogP contribution in [0.1, 0.15) is 17.7 Å². The third-order valence-corrected chi connectivity index (χ3v) is 5.57. The van der Waals surface area contributed by atoms with Crippen molar-refractivity contribution in [2.45, 2.75) is 24.3 Å². The van der Waals surface area contributed by atoms with Gasteiger partial charge in [-0.2, -0.15) is 11.3 Å². The highest BCUT2D eigenvalue weighted by Crippen LogP contribution is 2.12. The molecule has 1 aromatic carbocycles. The number of carbonyl (C=O) groups is 1. The molecular formula is C17H18N4O3S2. The first-order valence-corrected chi connectivity index (χ1v) is 10.7. The standard InChI is InChI=1S/C17H18N4O3S2/c1-26(23,24)16-5-2-13(3-6-16)4-7-17(22)18-10-14-11-21(20-19-14)15-8-9-25-12-15/h2-3,5-6,8-9,11-12H,4,7,10H2,1H3,(H,18,22). The van der Waals surface area contributed by atoms with Gasteiger partial charge in [-0.15, -0.1) is 5.10 Å². The van der Waals surface area contributed by atoms with E-state index in [1.807, 2.05) is 16.8 Å². The molecule has 0 radical (unpaired) electrons. The van der Waals surface area contributed by atoms with E-state index in [9.17, 15) is 13.2 Å². The lowest BCUT2D eigenvalue weighted by Gasteiger charge is -2.04. The van der Waals surface area contributed by atoms with Crippen LogP contribution >= 0.6 is 11.3 Å². The molecule has 1 N–H and O–H groups in total.